The van der Waals surface area contributed by atoms with Crippen molar-refractivity contribution in [1.82, 2.24) is 4.90 Å². The first-order chi connectivity index (χ1) is 9.15. The highest BCUT2D eigenvalue weighted by Crippen LogP contribution is 2.17. The molecule has 1 aliphatic heterocycles. The van der Waals surface area contributed by atoms with Crippen LogP contribution in [-0.4, -0.2) is 36.7 Å². The number of rotatable bonds is 5. The Bertz CT molecular complexity index is 358. The summed E-state index contributed by atoms with van der Waals surface area (Å²) in [5.74, 6) is 0. The van der Waals surface area contributed by atoms with E-state index in [9.17, 15) is 0 Å². The minimum absolute atomic E-state index is 0.164. The fourth-order valence-electron chi connectivity index (χ4n) is 2.87. The highest BCUT2D eigenvalue weighted by Gasteiger charge is 2.21. The molecular weight excluding hydrogens is 236 g/mol. The highest BCUT2D eigenvalue weighted by molar-refractivity contribution is 5.18. The maximum atomic E-state index is 6.22. The first-order valence-electron chi connectivity index (χ1n) is 7.33. The second-order valence-electron chi connectivity index (χ2n) is 5.68. The van der Waals surface area contributed by atoms with Gasteiger partial charge in [0.15, 0.2) is 0 Å². The van der Waals surface area contributed by atoms with Gasteiger partial charge in [-0.1, -0.05) is 30.3 Å². The van der Waals surface area contributed by atoms with E-state index in [4.69, 9.17) is 10.5 Å². The predicted octanol–water partition coefficient (Wildman–Crippen LogP) is 2.58. The molecule has 1 fully saturated rings. The van der Waals surface area contributed by atoms with Gasteiger partial charge in [-0.25, -0.2) is 0 Å². The first kappa shape index (κ1) is 14.5. The quantitative estimate of drug-likeness (QED) is 0.886. The average Bonchev–Trinajstić information content (AvgIpc) is 2.38. The van der Waals surface area contributed by atoms with E-state index in [1.165, 1.54) is 5.56 Å². The molecule has 3 atom stereocenters. The topological polar surface area (TPSA) is 38.5 Å². The Morgan fingerprint density at radius 1 is 1.21 bits per heavy atom. The second kappa shape index (κ2) is 7.04. The van der Waals surface area contributed by atoms with Crippen LogP contribution >= 0.6 is 0 Å². The van der Waals surface area contributed by atoms with Gasteiger partial charge in [-0.15, -0.1) is 0 Å². The van der Waals surface area contributed by atoms with Gasteiger partial charge in [0.05, 0.1) is 12.2 Å². The normalized spacial score (nSPS) is 26.3. The molecule has 1 heterocycles. The van der Waals surface area contributed by atoms with Crippen LogP contribution in [-0.2, 0) is 4.74 Å². The molecule has 0 saturated carbocycles. The van der Waals surface area contributed by atoms with Crippen LogP contribution in [0, 0.1) is 0 Å². The summed E-state index contributed by atoms with van der Waals surface area (Å²) in [6.45, 7) is 7.52. The van der Waals surface area contributed by atoms with E-state index in [1.807, 2.05) is 6.07 Å². The smallest absolute Gasteiger partial charge is 0.0678 e. The zero-order valence-electron chi connectivity index (χ0n) is 12.1. The van der Waals surface area contributed by atoms with E-state index in [1.54, 1.807) is 0 Å². The van der Waals surface area contributed by atoms with Crippen LogP contribution in [0.1, 0.15) is 38.3 Å². The third kappa shape index (κ3) is 4.60. The summed E-state index contributed by atoms with van der Waals surface area (Å²) in [7, 11) is 0. The molecule has 1 aromatic carbocycles. The standard InChI is InChI=1S/C16H26N2O/c1-13-11-18(12-14(2)19-13)10-6-9-16(17)15-7-4-3-5-8-15/h3-5,7-8,13-14,16H,6,9-12,17H2,1-2H3. The molecule has 3 unspecified atom stereocenters. The molecule has 0 radical (unpaired) electrons. The Morgan fingerprint density at radius 2 is 1.84 bits per heavy atom. The van der Waals surface area contributed by atoms with Gasteiger partial charge in [0.1, 0.15) is 0 Å². The number of nitrogens with two attached hydrogens (primary N) is 1. The monoisotopic (exact) mass is 262 g/mol. The molecule has 106 valence electrons. The van der Waals surface area contributed by atoms with Crippen LogP contribution in [0.15, 0.2) is 30.3 Å². The number of hydrogen-bond donors (Lipinski definition) is 1. The van der Waals surface area contributed by atoms with E-state index >= 15 is 0 Å². The number of ether oxygens (including phenoxy) is 1. The molecule has 0 spiro atoms. The lowest BCUT2D eigenvalue weighted by molar-refractivity contribution is -0.0682. The van der Waals surface area contributed by atoms with E-state index in [0.717, 1.165) is 32.5 Å². The zero-order valence-corrected chi connectivity index (χ0v) is 12.1. The van der Waals surface area contributed by atoms with Crippen LogP contribution in [0.2, 0.25) is 0 Å². The molecule has 1 aliphatic rings. The lowest BCUT2D eigenvalue weighted by atomic mass is 10.0. The number of hydrogen-bond acceptors (Lipinski definition) is 3. The van der Waals surface area contributed by atoms with Crippen molar-refractivity contribution in [2.75, 3.05) is 19.6 Å². The Kier molecular flexibility index (Phi) is 5.37. The van der Waals surface area contributed by atoms with E-state index in [0.29, 0.717) is 12.2 Å². The summed E-state index contributed by atoms with van der Waals surface area (Å²) in [5.41, 5.74) is 7.46. The zero-order chi connectivity index (χ0) is 13.7. The van der Waals surface area contributed by atoms with Gasteiger partial charge in [0.25, 0.3) is 0 Å². The summed E-state index contributed by atoms with van der Waals surface area (Å²) < 4.78 is 5.75. The van der Waals surface area contributed by atoms with Crippen LogP contribution < -0.4 is 5.73 Å². The van der Waals surface area contributed by atoms with Gasteiger partial charge in [-0.3, -0.25) is 4.90 Å². The third-order valence-corrected chi connectivity index (χ3v) is 3.71. The van der Waals surface area contributed by atoms with Crippen LogP contribution in [0.4, 0.5) is 0 Å². The fourth-order valence-corrected chi connectivity index (χ4v) is 2.87. The lowest BCUT2D eigenvalue weighted by Crippen LogP contribution is -2.45. The van der Waals surface area contributed by atoms with Crippen molar-refractivity contribution in [3.05, 3.63) is 35.9 Å². The van der Waals surface area contributed by atoms with Crippen molar-refractivity contribution in [2.45, 2.75) is 44.9 Å². The van der Waals surface area contributed by atoms with Gasteiger partial charge in [0, 0.05) is 19.1 Å². The maximum absolute atomic E-state index is 6.22. The summed E-state index contributed by atoms with van der Waals surface area (Å²) in [5, 5.41) is 0. The van der Waals surface area contributed by atoms with Crippen molar-refractivity contribution in [3.63, 3.8) is 0 Å². The molecule has 1 saturated heterocycles. The summed E-state index contributed by atoms with van der Waals surface area (Å²) in [6, 6.07) is 10.5. The van der Waals surface area contributed by atoms with Crippen molar-refractivity contribution < 1.29 is 4.74 Å². The number of morpholine rings is 1. The Balaban J connectivity index is 1.71. The summed E-state index contributed by atoms with van der Waals surface area (Å²) >= 11 is 0. The minimum atomic E-state index is 0.164. The van der Waals surface area contributed by atoms with Gasteiger partial charge in [0.2, 0.25) is 0 Å². The first-order valence-corrected chi connectivity index (χ1v) is 7.33. The van der Waals surface area contributed by atoms with Crippen LogP contribution in [0.3, 0.4) is 0 Å². The van der Waals surface area contributed by atoms with Crippen LogP contribution in [0.25, 0.3) is 0 Å². The van der Waals surface area contributed by atoms with Gasteiger partial charge >= 0.3 is 0 Å². The third-order valence-electron chi connectivity index (χ3n) is 3.71. The average molecular weight is 262 g/mol. The molecule has 2 N–H and O–H groups in total. The molecule has 19 heavy (non-hydrogen) atoms. The Hall–Kier alpha value is -0.900. The molecule has 0 amide bonds. The van der Waals surface area contributed by atoms with Crippen molar-refractivity contribution in [2.24, 2.45) is 5.73 Å². The largest absolute Gasteiger partial charge is 0.373 e. The summed E-state index contributed by atoms with van der Waals surface area (Å²) in [6.07, 6.45) is 2.90. The maximum Gasteiger partial charge on any atom is 0.0678 e. The summed E-state index contributed by atoms with van der Waals surface area (Å²) in [4.78, 5) is 2.50. The Labute approximate surface area is 116 Å². The van der Waals surface area contributed by atoms with Crippen molar-refractivity contribution in [1.29, 1.82) is 0 Å². The molecule has 0 aliphatic carbocycles. The fraction of sp³-hybridized carbons (Fsp3) is 0.625. The molecular formula is C16H26N2O. The van der Waals surface area contributed by atoms with E-state index in [-0.39, 0.29) is 6.04 Å². The SMILES string of the molecule is CC1CN(CCCC(N)c2ccccc2)CC(C)O1. The molecule has 1 aromatic rings. The molecule has 0 aromatic heterocycles. The van der Waals surface area contributed by atoms with Gasteiger partial charge in [-0.2, -0.15) is 0 Å². The van der Waals surface area contributed by atoms with Crippen LogP contribution in [0.5, 0.6) is 0 Å². The van der Waals surface area contributed by atoms with Crippen molar-refractivity contribution in [3.8, 4) is 0 Å². The van der Waals surface area contributed by atoms with Crippen molar-refractivity contribution >= 4 is 0 Å². The Morgan fingerprint density at radius 3 is 2.47 bits per heavy atom. The molecule has 3 nitrogen and oxygen atoms in total. The molecule has 0 bridgehead atoms. The second-order valence-corrected chi connectivity index (χ2v) is 5.68. The number of benzene rings is 1. The molecule has 3 heteroatoms. The molecule has 2 rings (SSSR count). The predicted molar refractivity (Wildman–Crippen MR) is 79.1 cm³/mol. The van der Waals surface area contributed by atoms with E-state index in [2.05, 4.69) is 43.0 Å². The number of nitrogens with zero attached hydrogens (tertiary/aromatic N) is 1. The lowest BCUT2D eigenvalue weighted by Gasteiger charge is -2.35. The van der Waals surface area contributed by atoms with E-state index < -0.39 is 0 Å². The van der Waals surface area contributed by atoms with Gasteiger partial charge in [-0.05, 0) is 38.8 Å². The minimum Gasteiger partial charge on any atom is -0.373 e. The highest BCUT2D eigenvalue weighted by atomic mass is 16.5. The van der Waals surface area contributed by atoms with Gasteiger partial charge < -0.3 is 10.5 Å².